The van der Waals surface area contributed by atoms with E-state index in [0.717, 1.165) is 33.5 Å². The molecule has 132 valence electrons. The first-order valence-corrected chi connectivity index (χ1v) is 9.88. The molecule has 2 aromatic heterocycles. The Morgan fingerprint density at radius 2 is 2.08 bits per heavy atom. The van der Waals surface area contributed by atoms with Gasteiger partial charge in [-0.25, -0.2) is 4.98 Å². The van der Waals surface area contributed by atoms with Gasteiger partial charge in [0.25, 0.3) is 0 Å². The van der Waals surface area contributed by atoms with Crippen LogP contribution < -0.4 is 5.32 Å². The number of amides is 1. The van der Waals surface area contributed by atoms with E-state index in [1.165, 1.54) is 23.1 Å². The smallest absolute Gasteiger partial charge is 0.236 e. The molecule has 0 unspecified atom stereocenters. The number of hydrogen-bond donors (Lipinski definition) is 1. The normalized spacial score (nSPS) is 10.7. The maximum Gasteiger partial charge on any atom is 0.236 e. The number of rotatable bonds is 5. The van der Waals surface area contributed by atoms with Gasteiger partial charge in [-0.1, -0.05) is 42.2 Å². The van der Waals surface area contributed by atoms with Gasteiger partial charge in [-0.05, 0) is 37.5 Å². The molecule has 0 aliphatic rings. The molecule has 0 saturated heterocycles. The molecule has 0 bridgehead atoms. The van der Waals surface area contributed by atoms with Gasteiger partial charge >= 0.3 is 0 Å². The maximum absolute atomic E-state index is 12.2. The molecule has 1 N–H and O–H groups in total. The van der Waals surface area contributed by atoms with Crippen molar-refractivity contribution in [3.63, 3.8) is 0 Å². The van der Waals surface area contributed by atoms with E-state index in [-0.39, 0.29) is 11.7 Å². The summed E-state index contributed by atoms with van der Waals surface area (Å²) in [5.41, 5.74) is 3.46. The number of carbonyl (C=O) groups excluding carboxylic acids is 1. The van der Waals surface area contributed by atoms with Crippen molar-refractivity contribution >= 4 is 45.0 Å². The number of anilines is 1. The highest BCUT2D eigenvalue weighted by Crippen LogP contribution is 2.28. The third-order valence-electron chi connectivity index (χ3n) is 3.85. The van der Waals surface area contributed by atoms with E-state index < -0.39 is 0 Å². The highest BCUT2D eigenvalue weighted by molar-refractivity contribution is 8.00. The van der Waals surface area contributed by atoms with Gasteiger partial charge in [0.05, 0.1) is 16.8 Å². The monoisotopic (exact) mass is 383 g/mol. The summed E-state index contributed by atoms with van der Waals surface area (Å²) >= 11 is 2.62. The highest BCUT2D eigenvalue weighted by atomic mass is 32.2. The van der Waals surface area contributed by atoms with E-state index in [9.17, 15) is 10.1 Å². The third-order valence-corrected chi connectivity index (χ3v) is 5.82. The van der Waals surface area contributed by atoms with Crippen LogP contribution in [0.25, 0.3) is 10.9 Å². The maximum atomic E-state index is 12.2. The molecule has 8 heteroatoms. The van der Waals surface area contributed by atoms with Gasteiger partial charge in [-0.2, -0.15) is 5.26 Å². The molecule has 1 amide bonds. The molecule has 6 nitrogen and oxygen atoms in total. The zero-order chi connectivity index (χ0) is 18.7. The number of aryl methyl sites for hydroxylation is 3. The molecule has 1 aromatic carbocycles. The summed E-state index contributed by atoms with van der Waals surface area (Å²) in [5, 5.41) is 23.0. The summed E-state index contributed by atoms with van der Waals surface area (Å²) in [6, 6.07) is 8.07. The Morgan fingerprint density at radius 3 is 2.77 bits per heavy atom. The van der Waals surface area contributed by atoms with Crippen LogP contribution in [-0.4, -0.2) is 26.8 Å². The molecule has 0 atom stereocenters. The van der Waals surface area contributed by atoms with Gasteiger partial charge < -0.3 is 0 Å². The minimum Gasteiger partial charge on any atom is -0.300 e. The molecule has 0 fully saturated rings. The van der Waals surface area contributed by atoms with Crippen molar-refractivity contribution in [3.8, 4) is 6.07 Å². The Morgan fingerprint density at radius 1 is 1.31 bits per heavy atom. The zero-order valence-corrected chi connectivity index (χ0v) is 16.3. The fraction of sp³-hybridized carbons (Fsp3) is 0.278. The summed E-state index contributed by atoms with van der Waals surface area (Å²) in [4.78, 5) is 16.8. The van der Waals surface area contributed by atoms with Gasteiger partial charge in [0, 0.05) is 5.39 Å². The number of hydrogen-bond acceptors (Lipinski definition) is 7. The Bertz CT molecular complexity index is 1020. The first-order valence-electron chi connectivity index (χ1n) is 8.08. The Hall–Kier alpha value is -2.50. The van der Waals surface area contributed by atoms with E-state index >= 15 is 0 Å². The van der Waals surface area contributed by atoms with Crippen molar-refractivity contribution in [2.75, 3.05) is 11.1 Å². The van der Waals surface area contributed by atoms with Gasteiger partial charge in [-0.15, -0.1) is 10.2 Å². The molecular weight excluding hydrogens is 366 g/mol. The van der Waals surface area contributed by atoms with Crippen molar-refractivity contribution in [2.45, 2.75) is 32.2 Å². The van der Waals surface area contributed by atoms with E-state index in [1.807, 2.05) is 39.0 Å². The lowest BCUT2D eigenvalue weighted by Gasteiger charge is -2.09. The lowest BCUT2D eigenvalue weighted by atomic mass is 10.0. The molecule has 0 saturated carbocycles. The van der Waals surface area contributed by atoms with Crippen LogP contribution in [0.1, 0.15) is 28.6 Å². The lowest BCUT2D eigenvalue weighted by molar-refractivity contribution is -0.113. The fourth-order valence-corrected chi connectivity index (χ4v) is 3.89. The summed E-state index contributed by atoms with van der Waals surface area (Å²) in [5.74, 6) is -0.0421. The van der Waals surface area contributed by atoms with Gasteiger partial charge in [-0.3, -0.25) is 10.1 Å². The van der Waals surface area contributed by atoms with Gasteiger partial charge in [0.15, 0.2) is 0 Å². The predicted octanol–water partition coefficient (Wildman–Crippen LogP) is 3.87. The highest BCUT2D eigenvalue weighted by Gasteiger charge is 2.13. The second kappa shape index (κ2) is 7.81. The van der Waals surface area contributed by atoms with E-state index in [1.54, 1.807) is 0 Å². The second-order valence-corrected chi connectivity index (χ2v) is 7.77. The topological polar surface area (TPSA) is 91.6 Å². The van der Waals surface area contributed by atoms with Crippen LogP contribution >= 0.6 is 23.1 Å². The van der Waals surface area contributed by atoms with Crippen LogP contribution in [0.15, 0.2) is 23.2 Å². The number of carbonyl (C=O) groups is 1. The molecule has 2 heterocycles. The molecular formula is C18H17N5OS2. The lowest BCUT2D eigenvalue weighted by Crippen LogP contribution is -2.14. The Kier molecular flexibility index (Phi) is 5.49. The van der Waals surface area contributed by atoms with Crippen LogP contribution in [0, 0.1) is 25.2 Å². The largest absolute Gasteiger partial charge is 0.300 e. The zero-order valence-electron chi connectivity index (χ0n) is 14.7. The van der Waals surface area contributed by atoms with Crippen LogP contribution in [0.3, 0.4) is 0 Å². The average Bonchev–Trinajstić information content (AvgIpc) is 3.10. The number of thioether (sulfide) groups is 1. The number of nitrogens with zero attached hydrogens (tertiary/aromatic N) is 4. The van der Waals surface area contributed by atoms with Crippen molar-refractivity contribution in [1.29, 1.82) is 5.26 Å². The molecule has 0 aliphatic heterocycles. The van der Waals surface area contributed by atoms with Crippen molar-refractivity contribution in [3.05, 3.63) is 39.9 Å². The SMILES string of the molecule is CCc1nnc(NC(=O)CSc2nc3c(C)ccc(C)c3cc2C#N)s1. The van der Waals surface area contributed by atoms with Gasteiger partial charge in [0.1, 0.15) is 16.1 Å². The van der Waals surface area contributed by atoms with E-state index in [0.29, 0.717) is 15.7 Å². The second-order valence-electron chi connectivity index (χ2n) is 5.74. The van der Waals surface area contributed by atoms with Crippen LogP contribution in [-0.2, 0) is 11.2 Å². The number of aromatic nitrogens is 3. The molecule has 0 spiro atoms. The van der Waals surface area contributed by atoms with Crippen molar-refractivity contribution in [2.24, 2.45) is 0 Å². The summed E-state index contributed by atoms with van der Waals surface area (Å²) in [6.45, 7) is 5.97. The Balaban J connectivity index is 1.78. The number of pyridine rings is 1. The number of benzene rings is 1. The Labute approximate surface area is 159 Å². The summed E-state index contributed by atoms with van der Waals surface area (Å²) < 4.78 is 0. The van der Waals surface area contributed by atoms with Gasteiger partial charge in [0.2, 0.25) is 11.0 Å². The quantitative estimate of drug-likeness (QED) is 0.673. The first-order chi connectivity index (χ1) is 12.5. The van der Waals surface area contributed by atoms with Crippen LogP contribution in [0.4, 0.5) is 5.13 Å². The van der Waals surface area contributed by atoms with Crippen molar-refractivity contribution in [1.82, 2.24) is 15.2 Å². The van der Waals surface area contributed by atoms with E-state index in [4.69, 9.17) is 0 Å². The summed E-state index contributed by atoms with van der Waals surface area (Å²) in [7, 11) is 0. The molecule has 0 aliphatic carbocycles. The molecule has 3 rings (SSSR count). The predicted molar refractivity (Wildman–Crippen MR) is 105 cm³/mol. The minimum absolute atomic E-state index is 0.152. The van der Waals surface area contributed by atoms with Crippen LogP contribution in [0.5, 0.6) is 0 Å². The molecule has 26 heavy (non-hydrogen) atoms. The third kappa shape index (κ3) is 3.84. The summed E-state index contributed by atoms with van der Waals surface area (Å²) in [6.07, 6.45) is 0.785. The average molecular weight is 384 g/mol. The van der Waals surface area contributed by atoms with Crippen LogP contribution in [0.2, 0.25) is 0 Å². The number of nitrogens with one attached hydrogen (secondary N) is 1. The number of fused-ring (bicyclic) bond motifs is 1. The molecule has 0 radical (unpaired) electrons. The number of nitriles is 1. The first kappa shape index (κ1) is 18.3. The minimum atomic E-state index is -0.194. The standard InChI is InChI=1S/C18H17N5OS2/c1-4-15-22-23-18(26-15)20-14(24)9-25-17-12(8-19)7-13-10(2)5-6-11(3)16(13)21-17/h5-7H,4,9H2,1-3H3,(H,20,23,24). The van der Waals surface area contributed by atoms with E-state index in [2.05, 4.69) is 26.6 Å². The molecule has 3 aromatic rings. The fourth-order valence-electron chi connectivity index (χ4n) is 2.44. The van der Waals surface area contributed by atoms with Crippen molar-refractivity contribution < 1.29 is 4.79 Å².